The van der Waals surface area contributed by atoms with E-state index in [1.54, 1.807) is 0 Å². The van der Waals surface area contributed by atoms with E-state index in [0.29, 0.717) is 0 Å². The van der Waals surface area contributed by atoms with Crippen molar-refractivity contribution in [3.8, 4) is 22.5 Å². The maximum Gasteiger partial charge on any atom is 0.0541 e. The van der Waals surface area contributed by atoms with E-state index < -0.39 is 0 Å². The van der Waals surface area contributed by atoms with Crippen molar-refractivity contribution in [2.75, 3.05) is 0 Å². The van der Waals surface area contributed by atoms with Crippen molar-refractivity contribution in [1.29, 1.82) is 0 Å². The molecule has 0 amide bonds. The molecule has 8 aromatic carbocycles. The molecule has 54 heavy (non-hydrogen) atoms. The minimum Gasteiger partial charge on any atom is -0.309 e. The normalized spacial score (nSPS) is 13.9. The van der Waals surface area contributed by atoms with Gasteiger partial charge in [-0.1, -0.05) is 129 Å². The predicted molar refractivity (Wildman–Crippen MR) is 233 cm³/mol. The third-order valence-electron chi connectivity index (χ3n) is 11.8. The van der Waals surface area contributed by atoms with Crippen LogP contribution in [-0.2, 0) is 5.41 Å². The molecule has 0 saturated heterocycles. The summed E-state index contributed by atoms with van der Waals surface area (Å²) in [6.45, 7) is 4.71. The second-order valence-corrected chi connectivity index (χ2v) is 15.9. The number of para-hydroxylation sites is 3. The number of allylic oxidation sites excluding steroid dienone is 1. The number of halogens is 1. The van der Waals surface area contributed by atoms with Crippen LogP contribution < -0.4 is 0 Å². The highest BCUT2D eigenvalue weighted by atomic mass is 79.9. The van der Waals surface area contributed by atoms with E-state index in [9.17, 15) is 0 Å². The van der Waals surface area contributed by atoms with E-state index in [0.717, 1.165) is 11.4 Å². The highest BCUT2D eigenvalue weighted by molar-refractivity contribution is 9.15. The zero-order valence-corrected chi connectivity index (χ0v) is 31.6. The van der Waals surface area contributed by atoms with Gasteiger partial charge in [-0.15, -0.1) is 0 Å². The maximum atomic E-state index is 4.13. The molecule has 2 nitrogen and oxygen atoms in total. The first-order valence-electron chi connectivity index (χ1n) is 18.6. The summed E-state index contributed by atoms with van der Waals surface area (Å²) in [6.07, 6.45) is 0. The van der Waals surface area contributed by atoms with Crippen LogP contribution in [0.4, 0.5) is 0 Å². The van der Waals surface area contributed by atoms with Gasteiger partial charge in [0.25, 0.3) is 0 Å². The summed E-state index contributed by atoms with van der Waals surface area (Å²) >= 11 is 4.13. The largest absolute Gasteiger partial charge is 0.309 e. The van der Waals surface area contributed by atoms with Gasteiger partial charge in [-0.3, -0.25) is 0 Å². The predicted octanol–water partition coefficient (Wildman–Crippen LogP) is 14.3. The first-order valence-corrected chi connectivity index (χ1v) is 19.4. The van der Waals surface area contributed by atoms with Crippen LogP contribution in [0.5, 0.6) is 0 Å². The Hall–Kier alpha value is -6.16. The molecule has 1 aliphatic carbocycles. The second-order valence-electron chi connectivity index (χ2n) is 15.1. The van der Waals surface area contributed by atoms with Crippen LogP contribution in [0.1, 0.15) is 30.5 Å². The lowest BCUT2D eigenvalue weighted by molar-refractivity contribution is 0.705. The van der Waals surface area contributed by atoms with Crippen molar-refractivity contribution >= 4 is 80.4 Å². The molecule has 0 N–H and O–H groups in total. The van der Waals surface area contributed by atoms with E-state index in [2.05, 4.69) is 215 Å². The van der Waals surface area contributed by atoms with E-state index >= 15 is 0 Å². The zero-order chi connectivity index (χ0) is 36.1. The monoisotopic (exact) mass is 754 g/mol. The molecule has 11 rings (SSSR count). The SMILES string of the molecule is CC1(C)C(c2cccc3ccccc23)=C(Br)c2cc(-c3ccc4c(c3)c3ccccc3n4-c3ccc(-n4c5ccccc5c5ccccc54)cc3)ccc21. The molecule has 0 spiro atoms. The van der Waals surface area contributed by atoms with E-state index in [1.807, 2.05) is 0 Å². The highest BCUT2D eigenvalue weighted by Gasteiger charge is 2.38. The molecule has 256 valence electrons. The molecule has 0 saturated carbocycles. The highest BCUT2D eigenvalue weighted by Crippen LogP contribution is 2.55. The van der Waals surface area contributed by atoms with Gasteiger partial charge in [-0.25, -0.2) is 0 Å². The number of hydrogen-bond donors (Lipinski definition) is 0. The van der Waals surface area contributed by atoms with Crippen LogP contribution in [0.2, 0.25) is 0 Å². The lowest BCUT2D eigenvalue weighted by Crippen LogP contribution is -2.16. The van der Waals surface area contributed by atoms with Gasteiger partial charge in [0, 0.05) is 42.8 Å². The van der Waals surface area contributed by atoms with Crippen LogP contribution in [0.15, 0.2) is 176 Å². The Balaban J connectivity index is 1.02. The molecule has 0 fully saturated rings. The van der Waals surface area contributed by atoms with Crippen LogP contribution in [0.25, 0.3) is 86.9 Å². The Morgan fingerprint density at radius 2 is 0.889 bits per heavy atom. The molecule has 0 unspecified atom stereocenters. The minimum atomic E-state index is -0.148. The number of rotatable bonds is 4. The van der Waals surface area contributed by atoms with Gasteiger partial charge in [0.2, 0.25) is 0 Å². The van der Waals surface area contributed by atoms with Gasteiger partial charge < -0.3 is 9.13 Å². The Morgan fingerprint density at radius 3 is 1.52 bits per heavy atom. The first kappa shape index (κ1) is 31.4. The van der Waals surface area contributed by atoms with Crippen molar-refractivity contribution in [3.05, 3.63) is 193 Å². The van der Waals surface area contributed by atoms with Crippen LogP contribution in [-0.4, -0.2) is 9.13 Å². The van der Waals surface area contributed by atoms with Crippen molar-refractivity contribution < 1.29 is 0 Å². The van der Waals surface area contributed by atoms with Gasteiger partial charge in [-0.05, 0) is 121 Å². The second kappa shape index (κ2) is 11.7. The molecule has 3 heteroatoms. The van der Waals surface area contributed by atoms with E-state index in [-0.39, 0.29) is 5.41 Å². The minimum absolute atomic E-state index is 0.148. The molecule has 2 aromatic heterocycles. The lowest BCUT2D eigenvalue weighted by atomic mass is 9.77. The van der Waals surface area contributed by atoms with E-state index in [4.69, 9.17) is 0 Å². The quantitative estimate of drug-likeness (QED) is 0.169. The fourth-order valence-electron chi connectivity index (χ4n) is 9.27. The Labute approximate surface area is 322 Å². The van der Waals surface area contributed by atoms with Crippen LogP contribution in [0.3, 0.4) is 0 Å². The van der Waals surface area contributed by atoms with Gasteiger partial charge >= 0.3 is 0 Å². The summed E-state index contributed by atoms with van der Waals surface area (Å²) in [5, 5.41) is 7.61. The number of fused-ring (bicyclic) bond motifs is 8. The van der Waals surface area contributed by atoms with Crippen molar-refractivity contribution in [2.45, 2.75) is 19.3 Å². The number of nitrogens with zero attached hydrogens (tertiary/aromatic N) is 2. The summed E-state index contributed by atoms with van der Waals surface area (Å²) in [5.41, 5.74) is 14.7. The fourth-order valence-corrected chi connectivity index (χ4v) is 10.3. The zero-order valence-electron chi connectivity index (χ0n) is 30.0. The standard InChI is InChI=1S/C51H35BrN2/c1-51(2)44-28-22-33(31-43(44)50(52)49(51)41-18-11-13-32-12-3-4-14-37(32)41)34-23-29-48-42(30-34)40-17-7-10-21-47(40)54(48)36-26-24-35(25-27-36)53-45-19-8-5-15-38(45)39-16-6-9-20-46(39)53/h3-31H,1-2H3. The molecule has 0 aliphatic heterocycles. The fraction of sp³-hybridized carbons (Fsp3) is 0.0588. The number of hydrogen-bond acceptors (Lipinski definition) is 0. The topological polar surface area (TPSA) is 9.86 Å². The summed E-state index contributed by atoms with van der Waals surface area (Å²) in [7, 11) is 0. The smallest absolute Gasteiger partial charge is 0.0541 e. The van der Waals surface area contributed by atoms with Gasteiger partial charge in [0.1, 0.15) is 0 Å². The van der Waals surface area contributed by atoms with Crippen LogP contribution in [0, 0.1) is 0 Å². The molecule has 0 atom stereocenters. The molecule has 0 bridgehead atoms. The van der Waals surface area contributed by atoms with Gasteiger partial charge in [0.15, 0.2) is 0 Å². The van der Waals surface area contributed by atoms with Crippen molar-refractivity contribution in [2.24, 2.45) is 0 Å². The molecule has 10 aromatic rings. The molecular formula is C51H35BrN2. The molecule has 0 radical (unpaired) electrons. The Morgan fingerprint density at radius 1 is 0.407 bits per heavy atom. The third kappa shape index (κ3) is 4.45. The molecular weight excluding hydrogens is 720 g/mol. The summed E-state index contributed by atoms with van der Waals surface area (Å²) < 4.78 is 5.97. The van der Waals surface area contributed by atoms with Gasteiger partial charge in [0.05, 0.1) is 22.1 Å². The summed E-state index contributed by atoms with van der Waals surface area (Å²) in [6, 6.07) is 64.6. The summed E-state index contributed by atoms with van der Waals surface area (Å²) in [5.74, 6) is 0. The van der Waals surface area contributed by atoms with Crippen molar-refractivity contribution in [1.82, 2.24) is 9.13 Å². The Bertz CT molecular complexity index is 3130. The first-order chi connectivity index (χ1) is 26.5. The number of aromatic nitrogens is 2. The molecule has 2 heterocycles. The van der Waals surface area contributed by atoms with E-state index in [1.165, 1.54) is 92.3 Å². The Kier molecular flexibility index (Phi) is 6.78. The number of benzene rings is 8. The average Bonchev–Trinajstić information content (AvgIpc) is 3.80. The van der Waals surface area contributed by atoms with Gasteiger partial charge in [-0.2, -0.15) is 0 Å². The maximum absolute atomic E-state index is 4.13. The summed E-state index contributed by atoms with van der Waals surface area (Å²) in [4.78, 5) is 0. The lowest BCUT2D eigenvalue weighted by Gasteiger charge is -2.26. The molecule has 1 aliphatic rings. The van der Waals surface area contributed by atoms with Crippen molar-refractivity contribution in [3.63, 3.8) is 0 Å². The average molecular weight is 756 g/mol. The van der Waals surface area contributed by atoms with Crippen LogP contribution >= 0.6 is 15.9 Å². The third-order valence-corrected chi connectivity index (χ3v) is 12.6.